The maximum absolute atomic E-state index is 12.1. The molecule has 0 bridgehead atoms. The van der Waals surface area contributed by atoms with E-state index in [1.54, 1.807) is 0 Å². The minimum Gasteiger partial charge on any atom is -0.462 e. The number of unbranched alkanes of at least 4 members (excludes halogenated alkanes) is 3. The molecule has 4 aromatic rings. The zero-order valence-electron chi connectivity index (χ0n) is 18.8. The number of carbonyl (C=O) groups is 1. The Morgan fingerprint density at radius 2 is 1.41 bits per heavy atom. The van der Waals surface area contributed by atoms with Crippen molar-refractivity contribution in [2.75, 3.05) is 18.1 Å². The van der Waals surface area contributed by atoms with Gasteiger partial charge >= 0.3 is 5.97 Å². The summed E-state index contributed by atoms with van der Waals surface area (Å²) in [6.45, 7) is 1.14. The molecule has 1 heterocycles. The molecule has 1 aromatic heterocycles. The predicted octanol–water partition coefficient (Wildman–Crippen LogP) is 4.77. The number of fused-ring (bicyclic) bond motifs is 2. The first-order valence-electron chi connectivity index (χ1n) is 11.3. The van der Waals surface area contributed by atoms with Crippen molar-refractivity contribution in [3.63, 3.8) is 0 Å². The average molecular weight is 460 g/mol. The quantitative estimate of drug-likeness (QED) is 0.0706. The first-order valence-corrected chi connectivity index (χ1v) is 11.3. The maximum atomic E-state index is 12.1. The molecule has 3 aromatic carbocycles. The Kier molecular flexibility index (Phi) is 6.87. The highest BCUT2D eigenvalue weighted by Crippen LogP contribution is 2.22. The average Bonchev–Trinajstić information content (AvgIpc) is 2.83. The standard InChI is InChI=1S/C26H26N4O4/c27-21-9-5-19-15-20-6-10-22(28)17-25(20)29(24(19)16-21)13-3-1-2-4-14-34-26(31)18-7-11-23(12-8-18)30(32)33/h5-12,15-17H,1-4,13-14H2,(H3,27,28)/p+1. The molecule has 8 nitrogen and oxygen atoms in total. The fourth-order valence-electron chi connectivity index (χ4n) is 4.06. The van der Waals surface area contributed by atoms with Crippen molar-refractivity contribution in [1.29, 1.82) is 0 Å². The Balaban J connectivity index is 1.31. The van der Waals surface area contributed by atoms with Gasteiger partial charge in [-0.1, -0.05) is 0 Å². The molecule has 0 atom stereocenters. The molecule has 0 spiro atoms. The molecular formula is C26H27N4O4+. The van der Waals surface area contributed by atoms with Gasteiger partial charge in [-0.05, 0) is 61.7 Å². The van der Waals surface area contributed by atoms with Gasteiger partial charge in [-0.15, -0.1) is 0 Å². The van der Waals surface area contributed by atoms with Crippen molar-refractivity contribution in [1.82, 2.24) is 0 Å². The first kappa shape index (κ1) is 23.0. The topological polar surface area (TPSA) is 125 Å². The fourth-order valence-corrected chi connectivity index (χ4v) is 4.06. The molecule has 174 valence electrons. The molecule has 0 unspecified atom stereocenters. The number of nitro groups is 1. The number of hydrogen-bond acceptors (Lipinski definition) is 6. The van der Waals surface area contributed by atoms with Crippen LogP contribution in [0.1, 0.15) is 36.0 Å². The van der Waals surface area contributed by atoms with Gasteiger partial charge in [0.05, 0.1) is 17.1 Å². The Morgan fingerprint density at radius 3 is 2.00 bits per heavy atom. The van der Waals surface area contributed by atoms with Crippen molar-refractivity contribution in [3.8, 4) is 0 Å². The van der Waals surface area contributed by atoms with Crippen LogP contribution < -0.4 is 16.0 Å². The van der Waals surface area contributed by atoms with E-state index in [0.717, 1.165) is 65.4 Å². The SMILES string of the molecule is Nc1ccc2cc3ccc(N)cc3[n+](CCCCCCOC(=O)c3ccc([N+](=O)[O-])cc3)c2c1. The lowest BCUT2D eigenvalue weighted by molar-refractivity contribution is -0.645. The second-order valence-electron chi connectivity index (χ2n) is 8.29. The van der Waals surface area contributed by atoms with Gasteiger partial charge < -0.3 is 16.2 Å². The van der Waals surface area contributed by atoms with Gasteiger partial charge in [0.25, 0.3) is 5.69 Å². The minimum absolute atomic E-state index is 0.0567. The van der Waals surface area contributed by atoms with Gasteiger partial charge in [0.15, 0.2) is 0 Å². The van der Waals surface area contributed by atoms with E-state index in [2.05, 4.69) is 10.6 Å². The van der Waals surface area contributed by atoms with Crippen LogP contribution in [0.25, 0.3) is 21.8 Å². The van der Waals surface area contributed by atoms with Crippen LogP contribution in [-0.2, 0) is 11.3 Å². The van der Waals surface area contributed by atoms with E-state index >= 15 is 0 Å². The third kappa shape index (κ3) is 5.23. The van der Waals surface area contributed by atoms with Gasteiger partial charge in [0.1, 0.15) is 6.54 Å². The first-order chi connectivity index (χ1) is 16.4. The minimum atomic E-state index is -0.502. The Labute approximate surface area is 196 Å². The number of nitrogens with zero attached hydrogens (tertiary/aromatic N) is 2. The molecule has 0 saturated carbocycles. The smallest absolute Gasteiger partial charge is 0.338 e. The molecule has 0 saturated heterocycles. The summed E-state index contributed by atoms with van der Waals surface area (Å²) in [6.07, 6.45) is 3.60. The van der Waals surface area contributed by atoms with E-state index in [1.807, 2.05) is 36.4 Å². The van der Waals surface area contributed by atoms with Crippen LogP contribution in [0, 0.1) is 10.1 Å². The summed E-state index contributed by atoms with van der Waals surface area (Å²) in [5.74, 6) is -0.470. The van der Waals surface area contributed by atoms with Crippen LogP contribution in [0.3, 0.4) is 0 Å². The van der Waals surface area contributed by atoms with Crippen LogP contribution in [0.4, 0.5) is 17.1 Å². The third-order valence-electron chi connectivity index (χ3n) is 5.82. The number of benzene rings is 3. The van der Waals surface area contributed by atoms with Gasteiger partial charge in [-0.25, -0.2) is 4.79 Å². The molecule has 34 heavy (non-hydrogen) atoms. The summed E-state index contributed by atoms with van der Waals surface area (Å²) >= 11 is 0. The van der Waals surface area contributed by atoms with Crippen LogP contribution in [0.5, 0.6) is 0 Å². The number of pyridine rings is 1. The number of nitrogen functional groups attached to an aromatic ring is 2. The highest BCUT2D eigenvalue weighted by Gasteiger charge is 2.16. The molecular weight excluding hydrogens is 432 g/mol. The van der Waals surface area contributed by atoms with Gasteiger partial charge in [-0.2, -0.15) is 4.57 Å². The summed E-state index contributed by atoms with van der Waals surface area (Å²) < 4.78 is 7.56. The predicted molar refractivity (Wildman–Crippen MR) is 132 cm³/mol. The maximum Gasteiger partial charge on any atom is 0.338 e. The van der Waals surface area contributed by atoms with Crippen molar-refractivity contribution in [3.05, 3.63) is 82.4 Å². The molecule has 4 N–H and O–H groups in total. The van der Waals surface area contributed by atoms with E-state index in [9.17, 15) is 14.9 Å². The molecule has 0 radical (unpaired) electrons. The largest absolute Gasteiger partial charge is 0.462 e. The summed E-state index contributed by atoms with van der Waals surface area (Å²) in [6, 6.07) is 19.5. The van der Waals surface area contributed by atoms with Crippen molar-refractivity contribution in [2.45, 2.75) is 32.2 Å². The number of aromatic nitrogens is 1. The Morgan fingerprint density at radius 1 is 0.824 bits per heavy atom. The number of ether oxygens (including phenoxy) is 1. The number of esters is 1. The fraction of sp³-hybridized carbons (Fsp3) is 0.231. The monoisotopic (exact) mass is 459 g/mol. The molecule has 4 rings (SSSR count). The molecule has 8 heteroatoms. The van der Waals surface area contributed by atoms with Crippen molar-refractivity contribution < 1.29 is 19.0 Å². The van der Waals surface area contributed by atoms with E-state index in [0.29, 0.717) is 12.2 Å². The number of hydrogen-bond donors (Lipinski definition) is 2. The molecule has 0 aliphatic rings. The number of nitro benzene ring substituents is 1. The highest BCUT2D eigenvalue weighted by atomic mass is 16.6. The van der Waals surface area contributed by atoms with Crippen LogP contribution >= 0.6 is 0 Å². The summed E-state index contributed by atoms with van der Waals surface area (Å²) in [4.78, 5) is 22.3. The van der Waals surface area contributed by atoms with Gasteiger partial charge in [-0.3, -0.25) is 10.1 Å². The van der Waals surface area contributed by atoms with E-state index in [-0.39, 0.29) is 5.69 Å². The normalized spacial score (nSPS) is 11.1. The number of rotatable bonds is 9. The molecule has 0 aliphatic heterocycles. The number of aryl methyl sites for hydroxylation is 1. The summed E-state index contributed by atoms with van der Waals surface area (Å²) in [5.41, 5.74) is 16.0. The van der Waals surface area contributed by atoms with Crippen LogP contribution in [0.2, 0.25) is 0 Å². The van der Waals surface area contributed by atoms with Gasteiger partial charge in [0.2, 0.25) is 11.0 Å². The lowest BCUT2D eigenvalue weighted by Crippen LogP contribution is -2.35. The van der Waals surface area contributed by atoms with E-state index < -0.39 is 10.9 Å². The molecule has 0 fully saturated rings. The van der Waals surface area contributed by atoms with E-state index in [1.165, 1.54) is 24.3 Å². The molecule has 0 amide bonds. The Bertz CT molecular complexity index is 1290. The summed E-state index contributed by atoms with van der Waals surface area (Å²) in [7, 11) is 0. The van der Waals surface area contributed by atoms with Crippen LogP contribution in [0.15, 0.2) is 66.7 Å². The van der Waals surface area contributed by atoms with Gasteiger partial charge in [0, 0.05) is 52.8 Å². The third-order valence-corrected chi connectivity index (χ3v) is 5.82. The number of anilines is 2. The number of non-ortho nitro benzene ring substituents is 1. The highest BCUT2D eigenvalue weighted by molar-refractivity contribution is 5.91. The second kappa shape index (κ2) is 10.2. The lowest BCUT2D eigenvalue weighted by atomic mass is 10.1. The van der Waals surface area contributed by atoms with Crippen molar-refractivity contribution >= 4 is 44.8 Å². The lowest BCUT2D eigenvalue weighted by Gasteiger charge is -2.08. The summed E-state index contributed by atoms with van der Waals surface area (Å²) in [5, 5.41) is 13.0. The number of carbonyl (C=O) groups excluding carboxylic acids is 1. The Hall–Kier alpha value is -4.20. The van der Waals surface area contributed by atoms with Crippen LogP contribution in [-0.4, -0.2) is 17.5 Å². The second-order valence-corrected chi connectivity index (χ2v) is 8.29. The molecule has 0 aliphatic carbocycles. The van der Waals surface area contributed by atoms with Crippen molar-refractivity contribution in [2.24, 2.45) is 0 Å². The number of nitrogens with two attached hydrogens (primary N) is 2. The van der Waals surface area contributed by atoms with E-state index in [4.69, 9.17) is 16.2 Å². The zero-order chi connectivity index (χ0) is 24.1. The zero-order valence-corrected chi connectivity index (χ0v) is 18.8.